The van der Waals surface area contributed by atoms with Crippen molar-refractivity contribution in [1.82, 2.24) is 4.90 Å². The van der Waals surface area contributed by atoms with Crippen LogP contribution in [0.4, 0.5) is 0 Å². The van der Waals surface area contributed by atoms with Gasteiger partial charge in [-0.2, -0.15) is 0 Å². The van der Waals surface area contributed by atoms with E-state index in [1.54, 1.807) is 0 Å². The molecule has 1 aliphatic rings. The lowest BCUT2D eigenvalue weighted by Crippen LogP contribution is -2.40. The predicted molar refractivity (Wildman–Crippen MR) is 101 cm³/mol. The van der Waals surface area contributed by atoms with Crippen LogP contribution in [0, 0.1) is 0 Å². The van der Waals surface area contributed by atoms with Crippen molar-refractivity contribution in [1.29, 1.82) is 0 Å². The molecule has 0 radical (unpaired) electrons. The van der Waals surface area contributed by atoms with Crippen LogP contribution in [0.3, 0.4) is 0 Å². The fourth-order valence-corrected chi connectivity index (χ4v) is 3.12. The minimum atomic E-state index is -0.661. The number of aliphatic hydroxyl groups excluding tert-OH is 1. The third kappa shape index (κ3) is 4.69. The Kier molecular flexibility index (Phi) is 6.39. The van der Waals surface area contributed by atoms with Crippen molar-refractivity contribution in [2.75, 3.05) is 26.3 Å². The van der Waals surface area contributed by atoms with Crippen LogP contribution in [0.5, 0.6) is 0 Å². The topological polar surface area (TPSA) is 75.8 Å². The van der Waals surface area contributed by atoms with Crippen molar-refractivity contribution in [3.63, 3.8) is 0 Å². The zero-order valence-electron chi connectivity index (χ0n) is 14.9. The highest BCUT2D eigenvalue weighted by atomic mass is 16.5. The van der Waals surface area contributed by atoms with Crippen LogP contribution in [0.25, 0.3) is 0 Å². The Morgan fingerprint density at radius 3 is 2.08 bits per heavy atom. The highest BCUT2D eigenvalue weighted by Crippen LogP contribution is 2.23. The van der Waals surface area contributed by atoms with Crippen LogP contribution >= 0.6 is 0 Å². The van der Waals surface area contributed by atoms with Crippen molar-refractivity contribution in [2.45, 2.75) is 25.5 Å². The molecule has 1 heterocycles. The summed E-state index contributed by atoms with van der Waals surface area (Å²) in [7, 11) is 0. The van der Waals surface area contributed by atoms with Gasteiger partial charge in [0.25, 0.3) is 0 Å². The smallest absolute Gasteiger partial charge is 0.223 e. The Balaban J connectivity index is 1.56. The molecule has 0 aliphatic carbocycles. The Morgan fingerprint density at radius 2 is 1.54 bits per heavy atom. The number of aliphatic hydroxyl groups is 1. The monoisotopic (exact) mass is 354 g/mol. The lowest BCUT2D eigenvalue weighted by atomic mass is 9.98. The number of nitrogens with two attached hydrogens (primary N) is 1. The van der Waals surface area contributed by atoms with E-state index in [9.17, 15) is 9.90 Å². The minimum absolute atomic E-state index is 0.178. The molecule has 26 heavy (non-hydrogen) atoms. The molecule has 2 aromatic rings. The van der Waals surface area contributed by atoms with Crippen molar-refractivity contribution in [3.05, 3.63) is 70.8 Å². The predicted octanol–water partition coefficient (Wildman–Crippen LogP) is 2.02. The molecule has 1 amide bonds. The largest absolute Gasteiger partial charge is 0.384 e. The van der Waals surface area contributed by atoms with Gasteiger partial charge < -0.3 is 20.5 Å². The van der Waals surface area contributed by atoms with Gasteiger partial charge in [-0.15, -0.1) is 0 Å². The second-order valence-electron chi connectivity index (χ2n) is 6.58. The highest BCUT2D eigenvalue weighted by molar-refractivity contribution is 5.76. The number of carbonyl (C=O) groups excluding carboxylic acids is 1. The molecular formula is C21H26N2O3. The maximum absolute atomic E-state index is 12.2. The lowest BCUT2D eigenvalue weighted by Gasteiger charge is -2.26. The normalized spacial score (nSPS) is 15.7. The van der Waals surface area contributed by atoms with E-state index in [-0.39, 0.29) is 5.91 Å². The van der Waals surface area contributed by atoms with E-state index in [1.165, 1.54) is 0 Å². The second kappa shape index (κ2) is 8.94. The molecule has 0 spiro atoms. The molecule has 5 nitrogen and oxygen atoms in total. The second-order valence-corrected chi connectivity index (χ2v) is 6.58. The first kappa shape index (κ1) is 18.6. The molecular weight excluding hydrogens is 328 g/mol. The van der Waals surface area contributed by atoms with Crippen LogP contribution in [0.15, 0.2) is 48.5 Å². The van der Waals surface area contributed by atoms with Crippen LogP contribution in [-0.2, 0) is 22.5 Å². The number of benzene rings is 2. The summed E-state index contributed by atoms with van der Waals surface area (Å²) < 4.78 is 5.27. The molecule has 1 unspecified atom stereocenters. The first-order chi connectivity index (χ1) is 12.7. The molecule has 1 fully saturated rings. The molecule has 138 valence electrons. The average Bonchev–Trinajstić information content (AvgIpc) is 2.72. The van der Waals surface area contributed by atoms with Gasteiger partial charge in [-0.25, -0.2) is 0 Å². The quantitative estimate of drug-likeness (QED) is 0.832. The fourth-order valence-electron chi connectivity index (χ4n) is 3.12. The zero-order valence-corrected chi connectivity index (χ0v) is 14.9. The Morgan fingerprint density at radius 1 is 1.00 bits per heavy atom. The maximum atomic E-state index is 12.2. The van der Waals surface area contributed by atoms with E-state index < -0.39 is 6.10 Å². The van der Waals surface area contributed by atoms with E-state index >= 15 is 0 Å². The van der Waals surface area contributed by atoms with Crippen molar-refractivity contribution < 1.29 is 14.6 Å². The summed E-state index contributed by atoms with van der Waals surface area (Å²) in [4.78, 5) is 14.1. The summed E-state index contributed by atoms with van der Waals surface area (Å²) in [5.74, 6) is 0.178. The Hall–Kier alpha value is -2.21. The number of morpholine rings is 1. The summed E-state index contributed by atoms with van der Waals surface area (Å²) >= 11 is 0. The third-order valence-corrected chi connectivity index (χ3v) is 4.82. The zero-order chi connectivity index (χ0) is 18.4. The average molecular weight is 354 g/mol. The van der Waals surface area contributed by atoms with Gasteiger partial charge in [-0.05, 0) is 28.7 Å². The number of ether oxygens (including phenoxy) is 1. The Labute approximate surface area is 154 Å². The first-order valence-electron chi connectivity index (χ1n) is 9.08. The van der Waals surface area contributed by atoms with Gasteiger partial charge >= 0.3 is 0 Å². The Bertz CT molecular complexity index is 707. The van der Waals surface area contributed by atoms with E-state index in [4.69, 9.17) is 10.5 Å². The summed E-state index contributed by atoms with van der Waals surface area (Å²) in [6.07, 6.45) is 0.547. The summed E-state index contributed by atoms with van der Waals surface area (Å²) in [5.41, 5.74) is 9.43. The summed E-state index contributed by atoms with van der Waals surface area (Å²) in [6, 6.07) is 15.5. The highest BCUT2D eigenvalue weighted by Gasteiger charge is 2.16. The third-order valence-electron chi connectivity index (χ3n) is 4.82. The molecule has 1 aliphatic heterocycles. The van der Waals surface area contributed by atoms with Crippen molar-refractivity contribution in [2.24, 2.45) is 5.73 Å². The van der Waals surface area contributed by atoms with Gasteiger partial charge in [0.05, 0.1) is 13.2 Å². The number of hydrogen-bond acceptors (Lipinski definition) is 4. The molecule has 0 saturated carbocycles. The van der Waals surface area contributed by atoms with Crippen LogP contribution in [0.1, 0.15) is 34.8 Å². The maximum Gasteiger partial charge on any atom is 0.223 e. The molecule has 2 aromatic carbocycles. The van der Waals surface area contributed by atoms with E-state index in [0.717, 1.165) is 22.3 Å². The molecule has 1 saturated heterocycles. The molecule has 3 N–H and O–H groups in total. The molecule has 0 bridgehead atoms. The van der Waals surface area contributed by atoms with Crippen LogP contribution in [0.2, 0.25) is 0 Å². The van der Waals surface area contributed by atoms with Crippen LogP contribution in [-0.4, -0.2) is 42.2 Å². The summed E-state index contributed by atoms with van der Waals surface area (Å²) in [6.45, 7) is 3.13. The minimum Gasteiger partial charge on any atom is -0.384 e. The van der Waals surface area contributed by atoms with E-state index in [1.807, 2.05) is 53.4 Å². The standard InChI is InChI=1S/C21H26N2O3/c22-15-17-3-8-19(9-4-17)21(25)18-6-1-16(2-7-18)5-10-20(24)23-11-13-26-14-12-23/h1-4,6-9,21,25H,5,10-15,22H2. The van der Waals surface area contributed by atoms with Gasteiger partial charge in [0.1, 0.15) is 6.10 Å². The number of nitrogens with zero attached hydrogens (tertiary/aromatic N) is 1. The molecule has 3 rings (SSSR count). The fraction of sp³-hybridized carbons (Fsp3) is 0.381. The van der Waals surface area contributed by atoms with Gasteiger partial charge in [0, 0.05) is 26.1 Å². The van der Waals surface area contributed by atoms with Gasteiger partial charge in [0.15, 0.2) is 0 Å². The first-order valence-corrected chi connectivity index (χ1v) is 9.08. The molecule has 0 aromatic heterocycles. The lowest BCUT2D eigenvalue weighted by molar-refractivity contribution is -0.135. The molecule has 1 atom stereocenters. The number of carbonyl (C=O) groups is 1. The van der Waals surface area contributed by atoms with Crippen molar-refractivity contribution >= 4 is 5.91 Å². The summed E-state index contributed by atoms with van der Waals surface area (Å²) in [5, 5.41) is 10.5. The van der Waals surface area contributed by atoms with Crippen LogP contribution < -0.4 is 5.73 Å². The number of amides is 1. The number of aryl methyl sites for hydroxylation is 1. The van der Waals surface area contributed by atoms with Gasteiger partial charge in [-0.1, -0.05) is 48.5 Å². The van der Waals surface area contributed by atoms with E-state index in [0.29, 0.717) is 45.7 Å². The van der Waals surface area contributed by atoms with E-state index in [2.05, 4.69) is 0 Å². The SMILES string of the molecule is NCc1ccc(C(O)c2ccc(CCC(=O)N3CCOCC3)cc2)cc1. The van der Waals surface area contributed by atoms with Crippen molar-refractivity contribution in [3.8, 4) is 0 Å². The number of hydrogen-bond donors (Lipinski definition) is 2. The van der Waals surface area contributed by atoms with Gasteiger partial charge in [-0.3, -0.25) is 4.79 Å². The molecule has 5 heteroatoms. The van der Waals surface area contributed by atoms with Gasteiger partial charge in [0.2, 0.25) is 5.91 Å². The number of rotatable bonds is 6.